The van der Waals surface area contributed by atoms with Crippen LogP contribution in [0.25, 0.3) is 11.8 Å². The van der Waals surface area contributed by atoms with E-state index in [0.717, 1.165) is 12.1 Å². The van der Waals surface area contributed by atoms with Crippen molar-refractivity contribution in [3.05, 3.63) is 34.7 Å². The van der Waals surface area contributed by atoms with Crippen molar-refractivity contribution in [2.75, 3.05) is 0 Å². The van der Waals surface area contributed by atoms with Gasteiger partial charge in [0.25, 0.3) is 0 Å². The van der Waals surface area contributed by atoms with Crippen LogP contribution < -0.4 is 10.4 Å². The second kappa shape index (κ2) is 11.1. The van der Waals surface area contributed by atoms with Crippen molar-refractivity contribution in [1.29, 1.82) is 0 Å². The van der Waals surface area contributed by atoms with Crippen LogP contribution in [0.1, 0.15) is 48.5 Å². The van der Waals surface area contributed by atoms with Crippen LogP contribution in [0, 0.1) is 0 Å². The van der Waals surface area contributed by atoms with Crippen molar-refractivity contribution < 1.29 is 0 Å². The molecule has 0 saturated carbocycles. The molecule has 1 heteroatoms. The van der Waals surface area contributed by atoms with Crippen molar-refractivity contribution in [2.24, 2.45) is 4.99 Å². The zero-order valence-corrected chi connectivity index (χ0v) is 11.1. The molecule has 0 saturated heterocycles. The summed E-state index contributed by atoms with van der Waals surface area (Å²) in [5.74, 6) is 0. The summed E-state index contributed by atoms with van der Waals surface area (Å²) in [4.78, 5) is 4.33. The first-order valence-corrected chi connectivity index (χ1v) is 6.16. The van der Waals surface area contributed by atoms with E-state index in [9.17, 15) is 0 Å². The molecule has 1 aliphatic rings. The maximum Gasteiger partial charge on any atom is 0.0447 e. The van der Waals surface area contributed by atoms with Crippen molar-refractivity contribution in [3.8, 4) is 0 Å². The smallest absolute Gasteiger partial charge is 0.0447 e. The van der Waals surface area contributed by atoms with Gasteiger partial charge in [0, 0.05) is 23.6 Å². The van der Waals surface area contributed by atoms with E-state index >= 15 is 0 Å². The molecule has 0 amide bonds. The molecule has 17 heavy (non-hydrogen) atoms. The maximum atomic E-state index is 4.33. The summed E-state index contributed by atoms with van der Waals surface area (Å²) in [5, 5.41) is 2.55. The predicted octanol–water partition coefficient (Wildman–Crippen LogP) is 3.76. The molecule has 0 unspecified atom stereocenters. The molecule has 1 aromatic rings. The van der Waals surface area contributed by atoms with E-state index in [1.807, 2.05) is 33.9 Å². The highest BCUT2D eigenvalue weighted by atomic mass is 14.7. The molecular weight excluding hydrogens is 206 g/mol. The van der Waals surface area contributed by atoms with Crippen LogP contribution in [0.2, 0.25) is 0 Å². The Labute approximate surface area is 107 Å². The minimum absolute atomic E-state index is 0. The van der Waals surface area contributed by atoms with Gasteiger partial charge in [-0.3, -0.25) is 4.99 Å². The maximum absolute atomic E-state index is 4.33. The Morgan fingerprint density at radius 1 is 1.00 bits per heavy atom. The van der Waals surface area contributed by atoms with E-state index in [4.69, 9.17) is 0 Å². The van der Waals surface area contributed by atoms with Gasteiger partial charge in [0.15, 0.2) is 0 Å². The molecule has 0 radical (unpaired) electrons. The van der Waals surface area contributed by atoms with Gasteiger partial charge in [0.05, 0.1) is 0 Å². The molecule has 0 N–H and O–H groups in total. The minimum Gasteiger partial charge on any atom is -0.265 e. The van der Waals surface area contributed by atoms with Crippen LogP contribution in [0.5, 0.6) is 0 Å². The average Bonchev–Trinajstić information content (AvgIpc) is 2.57. The van der Waals surface area contributed by atoms with E-state index in [0.29, 0.717) is 0 Å². The van der Waals surface area contributed by atoms with E-state index in [1.165, 1.54) is 10.4 Å². The Bertz CT molecular complexity index is 427. The highest BCUT2D eigenvalue weighted by molar-refractivity contribution is 5.71. The van der Waals surface area contributed by atoms with Crippen molar-refractivity contribution in [2.45, 2.75) is 48.5 Å². The van der Waals surface area contributed by atoms with Crippen LogP contribution in [0.3, 0.4) is 0 Å². The van der Waals surface area contributed by atoms with Crippen LogP contribution in [0.15, 0.2) is 29.3 Å². The number of aliphatic imine (C=N–C) groups is 1. The first-order chi connectivity index (χ1) is 7.88. The first kappa shape index (κ1) is 18.0. The van der Waals surface area contributed by atoms with Gasteiger partial charge in [-0.25, -0.2) is 0 Å². The number of hydrogen-bond donors (Lipinski definition) is 0. The van der Waals surface area contributed by atoms with E-state index in [1.54, 1.807) is 0 Å². The van der Waals surface area contributed by atoms with Crippen molar-refractivity contribution in [3.63, 3.8) is 0 Å². The second-order valence-corrected chi connectivity index (χ2v) is 2.92. The quantitative estimate of drug-likeness (QED) is 0.647. The van der Waals surface area contributed by atoms with Gasteiger partial charge in [0.2, 0.25) is 0 Å². The third-order valence-corrected chi connectivity index (χ3v) is 2.08. The van der Waals surface area contributed by atoms with Gasteiger partial charge >= 0.3 is 0 Å². The van der Waals surface area contributed by atoms with Gasteiger partial charge in [-0.2, -0.15) is 0 Å². The Morgan fingerprint density at radius 3 is 2.24 bits per heavy atom. The fourth-order valence-electron chi connectivity index (χ4n) is 1.44. The van der Waals surface area contributed by atoms with E-state index in [2.05, 4.69) is 42.3 Å². The number of hydrogen-bond acceptors (Lipinski definition) is 1. The molecule has 0 aromatic heterocycles. The predicted molar refractivity (Wildman–Crippen MR) is 81.8 cm³/mol. The Hall–Kier alpha value is -1.37. The summed E-state index contributed by atoms with van der Waals surface area (Å²) in [6, 6.07) is 8.36. The Kier molecular flexibility index (Phi) is 11.8. The van der Waals surface area contributed by atoms with Crippen LogP contribution in [0.4, 0.5) is 0 Å². The molecule has 0 bridgehead atoms. The van der Waals surface area contributed by atoms with Crippen LogP contribution in [-0.2, 0) is 0 Å². The number of fused-ring (bicyclic) bond motifs is 1. The lowest BCUT2D eigenvalue weighted by Gasteiger charge is -1.90. The highest BCUT2D eigenvalue weighted by Crippen LogP contribution is 1.93. The fraction of sp³-hybridized carbons (Fsp3) is 0.438. The zero-order valence-electron chi connectivity index (χ0n) is 11.1. The van der Waals surface area contributed by atoms with Gasteiger partial charge in [-0.05, 0) is 12.1 Å². The van der Waals surface area contributed by atoms with Gasteiger partial charge < -0.3 is 0 Å². The topological polar surface area (TPSA) is 12.4 Å². The number of rotatable bonds is 0. The van der Waals surface area contributed by atoms with E-state index < -0.39 is 0 Å². The molecule has 0 atom stereocenters. The molecule has 0 spiro atoms. The number of benzene rings is 1. The number of nitrogens with zero attached hydrogens (tertiary/aromatic N) is 1. The van der Waals surface area contributed by atoms with Crippen molar-refractivity contribution in [1.82, 2.24) is 0 Å². The third kappa shape index (κ3) is 5.48. The lowest BCUT2D eigenvalue weighted by molar-refractivity contribution is 1.41. The molecule has 1 nitrogen and oxygen atoms in total. The summed E-state index contributed by atoms with van der Waals surface area (Å²) in [6.07, 6.45) is 5.10. The van der Waals surface area contributed by atoms with Gasteiger partial charge in [-0.15, -0.1) is 0 Å². The summed E-state index contributed by atoms with van der Waals surface area (Å²) >= 11 is 0. The zero-order chi connectivity index (χ0) is 12.4. The molecule has 2 rings (SSSR count). The lowest BCUT2D eigenvalue weighted by Crippen LogP contribution is -2.24. The highest BCUT2D eigenvalue weighted by Gasteiger charge is 1.92. The van der Waals surface area contributed by atoms with Crippen LogP contribution >= 0.6 is 0 Å². The molecule has 1 aliphatic heterocycles. The normalized spacial score (nSPS) is 11.2. The minimum atomic E-state index is 0. The lowest BCUT2D eigenvalue weighted by atomic mass is 10.2. The molecule has 1 heterocycles. The molecule has 0 aliphatic carbocycles. The summed E-state index contributed by atoms with van der Waals surface area (Å²) in [5.41, 5.74) is 1.11. The van der Waals surface area contributed by atoms with Crippen LogP contribution in [-0.4, -0.2) is 6.21 Å². The standard InChI is InChI=1S/C11H11N.2C2H6.CH4/c1-9-11-7-3-2-5-10(11)6-4-8-12-9;2*1-2;/h2-3,5-8H,4H2,1H3;2*1-2H3;1H4. The molecular formula is C16H27N. The summed E-state index contributed by atoms with van der Waals surface area (Å²) in [7, 11) is 0. The fourth-order valence-corrected chi connectivity index (χ4v) is 1.44. The summed E-state index contributed by atoms with van der Waals surface area (Å²) < 4.78 is 0. The Balaban J connectivity index is 0. The largest absolute Gasteiger partial charge is 0.265 e. The molecule has 1 aromatic carbocycles. The molecule has 0 fully saturated rings. The monoisotopic (exact) mass is 233 g/mol. The third-order valence-electron chi connectivity index (χ3n) is 2.08. The van der Waals surface area contributed by atoms with Gasteiger partial charge in [0.1, 0.15) is 0 Å². The molecule has 96 valence electrons. The Morgan fingerprint density at radius 2 is 1.59 bits per heavy atom. The average molecular weight is 233 g/mol. The van der Waals surface area contributed by atoms with Crippen molar-refractivity contribution >= 4 is 18.0 Å². The second-order valence-electron chi connectivity index (χ2n) is 2.92. The van der Waals surface area contributed by atoms with Gasteiger partial charge in [-0.1, -0.05) is 65.5 Å². The van der Waals surface area contributed by atoms with E-state index in [-0.39, 0.29) is 7.43 Å². The first-order valence-electron chi connectivity index (χ1n) is 6.16. The summed E-state index contributed by atoms with van der Waals surface area (Å²) in [6.45, 7) is 10.1. The SMILES string of the molecule is C.CC.CC.CC1=c2ccccc2=CCC=N1.